The van der Waals surface area contributed by atoms with Gasteiger partial charge in [0.15, 0.2) is 5.78 Å². The summed E-state index contributed by atoms with van der Waals surface area (Å²) in [6, 6.07) is 24.5. The van der Waals surface area contributed by atoms with Crippen molar-refractivity contribution in [2.24, 2.45) is 0 Å². The number of rotatable bonds is 1. The molecule has 1 atom stereocenters. The van der Waals surface area contributed by atoms with Crippen LogP contribution in [0.25, 0.3) is 16.5 Å². The Balaban J connectivity index is 1.70. The summed E-state index contributed by atoms with van der Waals surface area (Å²) in [5.41, 5.74) is 6.83. The standard InChI is InChI=1S/C25H16N2O/c28-25-19-8-4-3-7-18(19)24-23(25)21(16-11-13-26-14-12-16)22-17-6-2-1-5-15(17)9-10-20(22)27-24/h1-14,21,27H/t21-/m1/s1. The summed E-state index contributed by atoms with van der Waals surface area (Å²) in [6.07, 6.45) is 3.60. The fraction of sp³-hybridized carbons (Fsp3) is 0.0400. The first-order valence-electron chi connectivity index (χ1n) is 9.40. The van der Waals surface area contributed by atoms with Crippen LogP contribution in [0.4, 0.5) is 5.69 Å². The number of allylic oxidation sites excluding steroid dienone is 1. The molecule has 0 fully saturated rings. The van der Waals surface area contributed by atoms with Gasteiger partial charge < -0.3 is 5.32 Å². The Bertz CT molecular complexity index is 1300. The Morgan fingerprint density at radius 2 is 1.54 bits per heavy atom. The van der Waals surface area contributed by atoms with E-state index in [0.717, 1.165) is 39.2 Å². The number of fused-ring (bicyclic) bond motifs is 5. The van der Waals surface area contributed by atoms with Crippen LogP contribution in [0.15, 0.2) is 90.8 Å². The molecule has 0 radical (unpaired) electrons. The molecule has 6 rings (SSSR count). The van der Waals surface area contributed by atoms with E-state index in [1.54, 1.807) is 12.4 Å². The second kappa shape index (κ2) is 5.64. The summed E-state index contributed by atoms with van der Waals surface area (Å²) in [7, 11) is 0. The number of hydrogen-bond donors (Lipinski definition) is 1. The molecule has 3 aromatic carbocycles. The predicted octanol–water partition coefficient (Wildman–Crippen LogP) is 5.40. The second-order valence-electron chi connectivity index (χ2n) is 7.25. The highest BCUT2D eigenvalue weighted by atomic mass is 16.1. The Labute approximate surface area is 162 Å². The minimum Gasteiger partial charge on any atom is -0.354 e. The zero-order chi connectivity index (χ0) is 18.7. The largest absolute Gasteiger partial charge is 0.354 e. The Hall–Kier alpha value is -3.72. The number of aromatic nitrogens is 1. The van der Waals surface area contributed by atoms with Gasteiger partial charge in [-0.05, 0) is 40.1 Å². The minimum absolute atomic E-state index is 0.110. The zero-order valence-electron chi connectivity index (χ0n) is 15.0. The maximum Gasteiger partial charge on any atom is 0.192 e. The molecule has 4 aromatic rings. The van der Waals surface area contributed by atoms with E-state index < -0.39 is 0 Å². The molecule has 0 spiro atoms. The van der Waals surface area contributed by atoms with Crippen LogP contribution in [0.5, 0.6) is 0 Å². The van der Waals surface area contributed by atoms with E-state index in [1.165, 1.54) is 10.8 Å². The van der Waals surface area contributed by atoms with E-state index in [0.29, 0.717) is 0 Å². The number of nitrogens with zero attached hydrogens (tertiary/aromatic N) is 1. The number of anilines is 1. The van der Waals surface area contributed by atoms with Gasteiger partial charge >= 0.3 is 0 Å². The van der Waals surface area contributed by atoms with Crippen molar-refractivity contribution in [3.8, 4) is 0 Å². The molecule has 0 bridgehead atoms. The molecule has 1 aromatic heterocycles. The molecule has 0 saturated heterocycles. The van der Waals surface area contributed by atoms with Crippen LogP contribution >= 0.6 is 0 Å². The van der Waals surface area contributed by atoms with Crippen LogP contribution in [-0.4, -0.2) is 10.8 Å². The van der Waals surface area contributed by atoms with Crippen LogP contribution in [0.3, 0.4) is 0 Å². The average Bonchev–Trinajstić information content (AvgIpc) is 3.05. The van der Waals surface area contributed by atoms with Gasteiger partial charge in [0.05, 0.1) is 5.70 Å². The number of benzene rings is 3. The van der Waals surface area contributed by atoms with E-state index in [4.69, 9.17) is 0 Å². The van der Waals surface area contributed by atoms with E-state index in [2.05, 4.69) is 40.6 Å². The molecule has 1 aliphatic carbocycles. The van der Waals surface area contributed by atoms with Crippen molar-refractivity contribution in [1.29, 1.82) is 0 Å². The summed E-state index contributed by atoms with van der Waals surface area (Å²) in [5.74, 6) is -0.0150. The van der Waals surface area contributed by atoms with E-state index in [-0.39, 0.29) is 11.7 Å². The van der Waals surface area contributed by atoms with Crippen LogP contribution in [0.2, 0.25) is 0 Å². The van der Waals surface area contributed by atoms with Crippen LogP contribution in [-0.2, 0) is 0 Å². The van der Waals surface area contributed by atoms with E-state index in [9.17, 15) is 4.79 Å². The fourth-order valence-electron chi connectivity index (χ4n) is 4.60. The highest BCUT2D eigenvalue weighted by molar-refractivity contribution is 6.24. The third kappa shape index (κ3) is 1.99. The van der Waals surface area contributed by atoms with Gasteiger partial charge in [-0.2, -0.15) is 0 Å². The molecule has 0 unspecified atom stereocenters. The van der Waals surface area contributed by atoms with Crippen molar-refractivity contribution in [2.75, 3.05) is 5.32 Å². The van der Waals surface area contributed by atoms with Crippen LogP contribution in [0.1, 0.15) is 33.0 Å². The smallest absolute Gasteiger partial charge is 0.192 e. The first-order valence-corrected chi connectivity index (χ1v) is 9.40. The summed E-state index contributed by atoms with van der Waals surface area (Å²) >= 11 is 0. The molecular weight excluding hydrogens is 344 g/mol. The molecule has 3 heteroatoms. The Morgan fingerprint density at radius 3 is 2.39 bits per heavy atom. The fourth-order valence-corrected chi connectivity index (χ4v) is 4.60. The van der Waals surface area contributed by atoms with E-state index in [1.807, 2.05) is 42.5 Å². The first-order chi connectivity index (χ1) is 13.8. The summed E-state index contributed by atoms with van der Waals surface area (Å²) in [5, 5.41) is 5.93. The van der Waals surface area contributed by atoms with Gasteiger partial charge in [0, 0.05) is 40.7 Å². The van der Waals surface area contributed by atoms with Gasteiger partial charge in [0.1, 0.15) is 0 Å². The van der Waals surface area contributed by atoms with Gasteiger partial charge in [-0.15, -0.1) is 0 Å². The lowest BCUT2D eigenvalue weighted by atomic mass is 9.78. The Kier molecular flexibility index (Phi) is 3.09. The zero-order valence-corrected chi connectivity index (χ0v) is 15.0. The number of carbonyl (C=O) groups is 1. The molecule has 1 aliphatic heterocycles. The maximum atomic E-state index is 13.4. The number of pyridine rings is 1. The molecule has 2 heterocycles. The average molecular weight is 360 g/mol. The SMILES string of the molecule is O=C1C2=C(Nc3ccc4ccccc4c3[C@H]2c2ccncc2)c2ccccc21. The van der Waals surface area contributed by atoms with Crippen molar-refractivity contribution >= 4 is 27.9 Å². The van der Waals surface area contributed by atoms with Crippen molar-refractivity contribution in [3.05, 3.63) is 113 Å². The third-order valence-electron chi connectivity index (χ3n) is 5.80. The highest BCUT2D eigenvalue weighted by Gasteiger charge is 2.40. The number of ketones is 1. The van der Waals surface area contributed by atoms with Crippen LogP contribution < -0.4 is 5.32 Å². The second-order valence-corrected chi connectivity index (χ2v) is 7.25. The highest BCUT2D eigenvalue weighted by Crippen LogP contribution is 2.51. The van der Waals surface area contributed by atoms with Crippen molar-refractivity contribution in [3.63, 3.8) is 0 Å². The normalized spacial score (nSPS) is 17.1. The molecule has 0 amide bonds. The molecule has 3 nitrogen and oxygen atoms in total. The van der Waals surface area contributed by atoms with E-state index >= 15 is 0 Å². The summed E-state index contributed by atoms with van der Waals surface area (Å²) < 4.78 is 0. The lowest BCUT2D eigenvalue weighted by Crippen LogP contribution is -2.19. The number of Topliss-reactive ketones (excluding diaryl/α,β-unsaturated/α-hetero) is 1. The van der Waals surface area contributed by atoms with Crippen molar-refractivity contribution in [1.82, 2.24) is 4.98 Å². The summed E-state index contributed by atoms with van der Waals surface area (Å²) in [4.78, 5) is 17.6. The topological polar surface area (TPSA) is 42.0 Å². The van der Waals surface area contributed by atoms with Crippen molar-refractivity contribution < 1.29 is 4.79 Å². The predicted molar refractivity (Wildman–Crippen MR) is 111 cm³/mol. The van der Waals surface area contributed by atoms with Gasteiger partial charge in [0.2, 0.25) is 0 Å². The maximum absolute atomic E-state index is 13.4. The third-order valence-corrected chi connectivity index (χ3v) is 5.80. The Morgan fingerprint density at radius 1 is 0.786 bits per heavy atom. The van der Waals surface area contributed by atoms with Gasteiger partial charge in [-0.3, -0.25) is 9.78 Å². The molecule has 0 saturated carbocycles. The number of carbonyl (C=O) groups excluding carboxylic acids is 1. The van der Waals surface area contributed by atoms with Gasteiger partial charge in [0.25, 0.3) is 0 Å². The van der Waals surface area contributed by atoms with Gasteiger partial charge in [-0.25, -0.2) is 0 Å². The molecule has 2 aliphatic rings. The summed E-state index contributed by atoms with van der Waals surface area (Å²) in [6.45, 7) is 0. The van der Waals surface area contributed by atoms with Crippen molar-refractivity contribution in [2.45, 2.75) is 5.92 Å². The van der Waals surface area contributed by atoms with Crippen LogP contribution in [0, 0.1) is 0 Å². The molecule has 132 valence electrons. The molecule has 28 heavy (non-hydrogen) atoms. The lowest BCUT2D eigenvalue weighted by molar-refractivity contribution is 0.103. The lowest BCUT2D eigenvalue weighted by Gasteiger charge is -2.30. The molecule has 1 N–H and O–H groups in total. The first kappa shape index (κ1) is 15.3. The minimum atomic E-state index is -0.125. The molecular formula is C25H16N2O. The number of hydrogen-bond acceptors (Lipinski definition) is 3. The number of nitrogens with one attached hydrogen (secondary N) is 1. The quantitative estimate of drug-likeness (QED) is 0.494. The monoisotopic (exact) mass is 360 g/mol. The van der Waals surface area contributed by atoms with Gasteiger partial charge in [-0.1, -0.05) is 54.6 Å².